The molecule has 0 saturated carbocycles. The first-order valence-corrected chi connectivity index (χ1v) is 11.1. The van der Waals surface area contributed by atoms with Crippen LogP contribution in [0.3, 0.4) is 0 Å². The van der Waals surface area contributed by atoms with E-state index >= 15 is 0 Å². The summed E-state index contributed by atoms with van der Waals surface area (Å²) in [6.07, 6.45) is 5.86. The van der Waals surface area contributed by atoms with E-state index in [2.05, 4.69) is 0 Å². The fourth-order valence-electron chi connectivity index (χ4n) is 2.31. The van der Waals surface area contributed by atoms with Crippen LogP contribution < -0.4 is 0 Å². The van der Waals surface area contributed by atoms with Gasteiger partial charge in [0.15, 0.2) is 0 Å². The first-order chi connectivity index (χ1) is 16.0. The standard InChI is InChI=1S/C22H40N2O9/c1-3-4-21(27)32-19-17-30-15-13-29-14-16-31-18-20-33-22(28)5-6-24(10-12-26)8-7-23(2)9-11-25/h3-6,25-26H,7-20H2,1-2H3/b4-3+,6-5+. The molecule has 0 amide bonds. The van der Waals surface area contributed by atoms with E-state index < -0.39 is 11.9 Å². The lowest BCUT2D eigenvalue weighted by atomic mass is 10.4. The number of likely N-dealkylation sites (N-methyl/N-ethyl adjacent to an activating group) is 1. The molecule has 0 unspecified atom stereocenters. The van der Waals surface area contributed by atoms with Crippen molar-refractivity contribution in [3.05, 3.63) is 24.4 Å². The van der Waals surface area contributed by atoms with Crippen molar-refractivity contribution >= 4 is 11.9 Å². The number of nitrogens with zero attached hydrogens (tertiary/aromatic N) is 2. The molecule has 0 aromatic heterocycles. The highest BCUT2D eigenvalue weighted by molar-refractivity contribution is 5.82. The second-order valence-electron chi connectivity index (χ2n) is 6.77. The van der Waals surface area contributed by atoms with Crippen LogP contribution in [0.2, 0.25) is 0 Å². The average Bonchev–Trinajstić information content (AvgIpc) is 2.79. The number of aliphatic hydroxyl groups excluding tert-OH is 2. The van der Waals surface area contributed by atoms with Gasteiger partial charge in [-0.05, 0) is 14.0 Å². The molecular formula is C22H40N2O9. The molecule has 11 nitrogen and oxygen atoms in total. The van der Waals surface area contributed by atoms with Crippen LogP contribution in [0.5, 0.6) is 0 Å². The second-order valence-corrected chi connectivity index (χ2v) is 6.77. The van der Waals surface area contributed by atoms with Crippen molar-refractivity contribution in [3.8, 4) is 0 Å². The molecule has 2 N–H and O–H groups in total. The number of hydrogen-bond donors (Lipinski definition) is 2. The predicted molar refractivity (Wildman–Crippen MR) is 122 cm³/mol. The molecule has 0 heterocycles. The van der Waals surface area contributed by atoms with Gasteiger partial charge in [0.05, 0.1) is 52.9 Å². The van der Waals surface area contributed by atoms with Gasteiger partial charge in [0.2, 0.25) is 0 Å². The van der Waals surface area contributed by atoms with Gasteiger partial charge in [0, 0.05) is 44.5 Å². The molecule has 0 atom stereocenters. The number of ether oxygens (including phenoxy) is 5. The molecule has 0 aromatic rings. The Morgan fingerprint density at radius 2 is 1.18 bits per heavy atom. The third-order valence-corrected chi connectivity index (χ3v) is 4.05. The zero-order chi connectivity index (χ0) is 24.6. The summed E-state index contributed by atoms with van der Waals surface area (Å²) in [4.78, 5) is 26.6. The van der Waals surface area contributed by atoms with Gasteiger partial charge < -0.3 is 43.7 Å². The molecule has 0 aromatic carbocycles. The third kappa shape index (κ3) is 21.6. The third-order valence-electron chi connectivity index (χ3n) is 4.05. The van der Waals surface area contributed by atoms with Crippen molar-refractivity contribution in [1.82, 2.24) is 9.80 Å². The van der Waals surface area contributed by atoms with Crippen molar-refractivity contribution in [2.75, 3.05) is 99.3 Å². The topological polar surface area (TPSA) is 127 Å². The Balaban J connectivity index is 3.63. The van der Waals surface area contributed by atoms with Gasteiger partial charge in [-0.3, -0.25) is 0 Å². The lowest BCUT2D eigenvalue weighted by Crippen LogP contribution is -2.33. The summed E-state index contributed by atoms with van der Waals surface area (Å²) >= 11 is 0. The number of carbonyl (C=O) groups excluding carboxylic acids is 2. The molecule has 0 rings (SSSR count). The van der Waals surface area contributed by atoms with Crippen molar-refractivity contribution in [1.29, 1.82) is 0 Å². The van der Waals surface area contributed by atoms with E-state index in [4.69, 9.17) is 33.9 Å². The number of esters is 2. The van der Waals surface area contributed by atoms with Gasteiger partial charge in [-0.2, -0.15) is 0 Å². The van der Waals surface area contributed by atoms with Crippen molar-refractivity contribution < 1.29 is 43.5 Å². The maximum atomic E-state index is 11.8. The van der Waals surface area contributed by atoms with Crippen LogP contribution in [0.4, 0.5) is 0 Å². The van der Waals surface area contributed by atoms with Crippen LogP contribution in [0.1, 0.15) is 6.92 Å². The smallest absolute Gasteiger partial charge is 0.332 e. The summed E-state index contributed by atoms with van der Waals surface area (Å²) < 4.78 is 25.9. The fraction of sp³-hybridized carbons (Fsp3) is 0.727. The number of hydrogen-bond acceptors (Lipinski definition) is 11. The molecule has 0 saturated heterocycles. The summed E-state index contributed by atoms with van der Waals surface area (Å²) in [5.74, 6) is -0.881. The normalized spacial score (nSPS) is 11.5. The molecule has 0 spiro atoms. The summed E-state index contributed by atoms with van der Waals surface area (Å²) in [5, 5.41) is 18.0. The zero-order valence-electron chi connectivity index (χ0n) is 19.9. The summed E-state index contributed by atoms with van der Waals surface area (Å²) in [7, 11) is 1.89. The van der Waals surface area contributed by atoms with Gasteiger partial charge in [0.1, 0.15) is 13.2 Å². The van der Waals surface area contributed by atoms with Crippen LogP contribution in [-0.4, -0.2) is 131 Å². The van der Waals surface area contributed by atoms with Crippen LogP contribution in [0.15, 0.2) is 24.4 Å². The molecule has 192 valence electrons. The van der Waals surface area contributed by atoms with E-state index in [0.717, 1.165) is 0 Å². The number of carbonyl (C=O) groups is 2. The molecule has 11 heteroatoms. The minimum Gasteiger partial charge on any atom is -0.460 e. The first kappa shape index (κ1) is 31.0. The fourth-order valence-corrected chi connectivity index (χ4v) is 2.31. The largest absolute Gasteiger partial charge is 0.460 e. The van der Waals surface area contributed by atoms with E-state index in [9.17, 15) is 9.59 Å². The molecule has 0 fully saturated rings. The van der Waals surface area contributed by atoms with Gasteiger partial charge in [-0.25, -0.2) is 9.59 Å². The van der Waals surface area contributed by atoms with Crippen molar-refractivity contribution in [2.45, 2.75) is 6.92 Å². The van der Waals surface area contributed by atoms with Crippen LogP contribution in [0, 0.1) is 0 Å². The Morgan fingerprint density at radius 1 is 0.697 bits per heavy atom. The lowest BCUT2D eigenvalue weighted by Gasteiger charge is -2.23. The Bertz CT molecular complexity index is 544. The predicted octanol–water partition coefficient (Wildman–Crippen LogP) is -0.569. The van der Waals surface area contributed by atoms with E-state index in [0.29, 0.717) is 59.2 Å². The monoisotopic (exact) mass is 476 g/mol. The van der Waals surface area contributed by atoms with E-state index in [1.165, 1.54) is 12.2 Å². The highest BCUT2D eigenvalue weighted by atomic mass is 16.6. The lowest BCUT2D eigenvalue weighted by molar-refractivity contribution is -0.140. The highest BCUT2D eigenvalue weighted by Crippen LogP contribution is 1.94. The minimum atomic E-state index is -0.491. The highest BCUT2D eigenvalue weighted by Gasteiger charge is 2.04. The van der Waals surface area contributed by atoms with E-state index in [1.54, 1.807) is 19.2 Å². The number of allylic oxidation sites excluding steroid dienone is 1. The molecule has 0 aliphatic rings. The molecular weight excluding hydrogens is 436 g/mol. The number of rotatable bonds is 22. The minimum absolute atomic E-state index is 0.0303. The van der Waals surface area contributed by atoms with Gasteiger partial charge in [-0.1, -0.05) is 6.08 Å². The molecule has 0 aliphatic heterocycles. The Morgan fingerprint density at radius 3 is 1.67 bits per heavy atom. The van der Waals surface area contributed by atoms with Crippen LogP contribution >= 0.6 is 0 Å². The summed E-state index contributed by atoms with van der Waals surface area (Å²) in [6.45, 7) is 6.45. The Labute approximate surface area is 196 Å². The van der Waals surface area contributed by atoms with Gasteiger partial charge >= 0.3 is 11.9 Å². The molecule has 0 radical (unpaired) electrons. The van der Waals surface area contributed by atoms with Crippen molar-refractivity contribution in [3.63, 3.8) is 0 Å². The SMILES string of the molecule is C/C=C/C(=O)OCCOCCOCCOCCOC(=O)/C=C/N(CCO)CCN(C)CCO. The van der Waals surface area contributed by atoms with E-state index in [1.807, 2.05) is 16.8 Å². The second kappa shape index (κ2) is 23.1. The van der Waals surface area contributed by atoms with Crippen LogP contribution in [0.25, 0.3) is 0 Å². The quantitative estimate of drug-likeness (QED) is 0.118. The number of aliphatic hydroxyl groups is 2. The molecule has 0 aliphatic carbocycles. The molecule has 0 bridgehead atoms. The van der Waals surface area contributed by atoms with Gasteiger partial charge in [-0.15, -0.1) is 0 Å². The summed E-state index contributed by atoms with van der Waals surface area (Å²) in [5.41, 5.74) is 0. The Hall–Kier alpha value is -2.02. The maximum Gasteiger partial charge on any atom is 0.332 e. The van der Waals surface area contributed by atoms with E-state index in [-0.39, 0.29) is 33.0 Å². The average molecular weight is 477 g/mol. The summed E-state index contributed by atoms with van der Waals surface area (Å²) in [6, 6.07) is 0. The molecule has 33 heavy (non-hydrogen) atoms. The van der Waals surface area contributed by atoms with Crippen molar-refractivity contribution in [2.24, 2.45) is 0 Å². The zero-order valence-corrected chi connectivity index (χ0v) is 19.9. The van der Waals surface area contributed by atoms with Gasteiger partial charge in [0.25, 0.3) is 0 Å². The van der Waals surface area contributed by atoms with Crippen LogP contribution in [-0.2, 0) is 33.3 Å². The Kier molecular flexibility index (Phi) is 21.7. The first-order valence-electron chi connectivity index (χ1n) is 11.1. The maximum absolute atomic E-state index is 11.8.